The van der Waals surface area contributed by atoms with E-state index in [4.69, 9.17) is 0 Å². The smallest absolute Gasteiger partial charge is 0.181 e. The van der Waals surface area contributed by atoms with Crippen LogP contribution < -0.4 is 0 Å². The number of nitrogens with zero attached hydrogens (tertiary/aromatic N) is 1. The Morgan fingerprint density at radius 2 is 1.59 bits per heavy atom. The van der Waals surface area contributed by atoms with Gasteiger partial charge in [0.15, 0.2) is 11.6 Å². The SMILES string of the molecule is O=C(c1cc(F)cc(F)c1)C(C(=O)c1cccc([C@H](O)CO)c1)c1nc2ccccc2[nH]1. The van der Waals surface area contributed by atoms with Crippen LogP contribution in [0.15, 0.2) is 66.7 Å². The number of hydrogen-bond acceptors (Lipinski definition) is 5. The zero-order chi connectivity index (χ0) is 22.8. The van der Waals surface area contributed by atoms with Gasteiger partial charge in [0.1, 0.15) is 29.5 Å². The molecule has 162 valence electrons. The number of aromatic amines is 1. The molecule has 4 rings (SSSR count). The number of Topliss-reactive ketones (excluding diaryl/α,β-unsaturated/α-hetero) is 2. The van der Waals surface area contributed by atoms with E-state index in [2.05, 4.69) is 9.97 Å². The number of rotatable bonds is 7. The summed E-state index contributed by atoms with van der Waals surface area (Å²) in [5, 5.41) is 19.1. The van der Waals surface area contributed by atoms with Crippen molar-refractivity contribution in [3.05, 3.63) is 101 Å². The molecule has 8 heteroatoms. The third-order valence-electron chi connectivity index (χ3n) is 5.08. The Morgan fingerprint density at radius 1 is 0.906 bits per heavy atom. The Morgan fingerprint density at radius 3 is 2.28 bits per heavy atom. The molecular weight excluding hydrogens is 418 g/mol. The number of halogens is 2. The highest BCUT2D eigenvalue weighted by atomic mass is 19.1. The second-order valence-corrected chi connectivity index (χ2v) is 7.28. The quantitative estimate of drug-likeness (QED) is 0.303. The van der Waals surface area contributed by atoms with Crippen LogP contribution in [0.2, 0.25) is 0 Å². The van der Waals surface area contributed by atoms with Gasteiger partial charge in [-0.25, -0.2) is 13.8 Å². The van der Waals surface area contributed by atoms with Crippen molar-refractivity contribution in [2.75, 3.05) is 6.61 Å². The number of aliphatic hydroxyl groups is 2. The second-order valence-electron chi connectivity index (χ2n) is 7.28. The molecule has 6 nitrogen and oxygen atoms in total. The van der Waals surface area contributed by atoms with Gasteiger partial charge in [-0.15, -0.1) is 0 Å². The van der Waals surface area contributed by atoms with Crippen molar-refractivity contribution in [3.63, 3.8) is 0 Å². The van der Waals surface area contributed by atoms with E-state index in [1.165, 1.54) is 24.3 Å². The third-order valence-corrected chi connectivity index (χ3v) is 5.08. The summed E-state index contributed by atoms with van der Waals surface area (Å²) in [6, 6.07) is 15.1. The number of fused-ring (bicyclic) bond motifs is 1. The number of nitrogens with one attached hydrogen (secondary N) is 1. The molecule has 0 saturated carbocycles. The average Bonchev–Trinajstić information content (AvgIpc) is 3.21. The Balaban J connectivity index is 1.83. The highest BCUT2D eigenvalue weighted by Crippen LogP contribution is 2.27. The van der Waals surface area contributed by atoms with Crippen LogP contribution in [-0.2, 0) is 0 Å². The van der Waals surface area contributed by atoms with Crippen LogP contribution in [0.25, 0.3) is 11.0 Å². The number of H-pyrrole nitrogens is 1. The van der Waals surface area contributed by atoms with E-state index in [9.17, 15) is 28.6 Å². The van der Waals surface area contributed by atoms with Gasteiger partial charge in [0, 0.05) is 17.2 Å². The molecule has 3 aromatic carbocycles. The Kier molecular flexibility index (Phi) is 5.89. The molecule has 0 fully saturated rings. The lowest BCUT2D eigenvalue weighted by molar-refractivity contribution is 0.0854. The second kappa shape index (κ2) is 8.78. The van der Waals surface area contributed by atoms with Crippen LogP contribution in [0.4, 0.5) is 8.78 Å². The first-order valence-electron chi connectivity index (χ1n) is 9.75. The van der Waals surface area contributed by atoms with Crippen LogP contribution in [-0.4, -0.2) is 38.4 Å². The number of benzene rings is 3. The van der Waals surface area contributed by atoms with Gasteiger partial charge < -0.3 is 15.2 Å². The summed E-state index contributed by atoms with van der Waals surface area (Å²) in [5.41, 5.74) is 1.15. The topological polar surface area (TPSA) is 103 Å². The van der Waals surface area contributed by atoms with E-state index in [0.717, 1.165) is 12.1 Å². The van der Waals surface area contributed by atoms with Gasteiger partial charge in [0.05, 0.1) is 17.6 Å². The number of carbonyl (C=O) groups excluding carboxylic acids is 2. The minimum Gasteiger partial charge on any atom is -0.393 e. The summed E-state index contributed by atoms with van der Waals surface area (Å²) >= 11 is 0. The molecule has 1 heterocycles. The number of carbonyl (C=O) groups is 2. The van der Waals surface area contributed by atoms with E-state index in [-0.39, 0.29) is 22.5 Å². The first-order chi connectivity index (χ1) is 15.4. The summed E-state index contributed by atoms with van der Waals surface area (Å²) in [7, 11) is 0. The fourth-order valence-electron chi connectivity index (χ4n) is 3.51. The van der Waals surface area contributed by atoms with Gasteiger partial charge in [-0.05, 0) is 35.9 Å². The molecular formula is C24H18F2N2O4. The monoisotopic (exact) mass is 436 g/mol. The van der Waals surface area contributed by atoms with Gasteiger partial charge in [-0.1, -0.05) is 30.3 Å². The van der Waals surface area contributed by atoms with Gasteiger partial charge in [-0.3, -0.25) is 9.59 Å². The number of para-hydroxylation sites is 2. The highest BCUT2D eigenvalue weighted by molar-refractivity contribution is 6.19. The van der Waals surface area contributed by atoms with E-state index >= 15 is 0 Å². The molecule has 0 bridgehead atoms. The van der Waals surface area contributed by atoms with Crippen LogP contribution in [0.3, 0.4) is 0 Å². The molecule has 4 aromatic rings. The predicted octanol–water partition coefficient (Wildman–Crippen LogP) is 3.72. The maximum Gasteiger partial charge on any atom is 0.181 e. The molecule has 0 saturated heterocycles. The van der Waals surface area contributed by atoms with Crippen LogP contribution in [0, 0.1) is 11.6 Å². The molecule has 0 aliphatic carbocycles. The Hall–Kier alpha value is -3.75. The molecule has 3 N–H and O–H groups in total. The fourth-order valence-corrected chi connectivity index (χ4v) is 3.51. The maximum absolute atomic E-state index is 13.8. The Labute approximate surface area is 181 Å². The van der Waals surface area contributed by atoms with E-state index in [1.54, 1.807) is 24.3 Å². The van der Waals surface area contributed by atoms with Crippen molar-refractivity contribution in [2.24, 2.45) is 0 Å². The lowest BCUT2D eigenvalue weighted by Crippen LogP contribution is -2.24. The zero-order valence-electron chi connectivity index (χ0n) is 16.6. The normalized spacial score (nSPS) is 13.1. The molecule has 32 heavy (non-hydrogen) atoms. The lowest BCUT2D eigenvalue weighted by Gasteiger charge is -2.15. The predicted molar refractivity (Wildman–Crippen MR) is 112 cm³/mol. The molecule has 0 aliphatic rings. The highest BCUT2D eigenvalue weighted by Gasteiger charge is 2.34. The molecule has 0 amide bonds. The van der Waals surface area contributed by atoms with Crippen molar-refractivity contribution in [3.8, 4) is 0 Å². The van der Waals surface area contributed by atoms with Crippen molar-refractivity contribution in [1.82, 2.24) is 9.97 Å². The summed E-state index contributed by atoms with van der Waals surface area (Å²) in [5.74, 6) is -4.88. The van der Waals surface area contributed by atoms with Crippen LogP contribution >= 0.6 is 0 Å². The third kappa shape index (κ3) is 4.18. The summed E-state index contributed by atoms with van der Waals surface area (Å²) in [6.45, 7) is -0.549. The largest absolute Gasteiger partial charge is 0.393 e. The minimum absolute atomic E-state index is 0.0268. The van der Waals surface area contributed by atoms with Crippen molar-refractivity contribution in [1.29, 1.82) is 0 Å². The minimum atomic E-state index is -1.51. The lowest BCUT2D eigenvalue weighted by atomic mass is 9.88. The van der Waals surface area contributed by atoms with E-state index in [0.29, 0.717) is 17.1 Å². The number of hydrogen-bond donors (Lipinski definition) is 3. The van der Waals surface area contributed by atoms with Gasteiger partial charge in [0.2, 0.25) is 0 Å². The van der Waals surface area contributed by atoms with Gasteiger partial charge >= 0.3 is 0 Å². The van der Waals surface area contributed by atoms with Crippen molar-refractivity contribution >= 4 is 22.6 Å². The van der Waals surface area contributed by atoms with Gasteiger partial charge in [-0.2, -0.15) is 0 Å². The first kappa shape index (κ1) is 21.5. The summed E-state index contributed by atoms with van der Waals surface area (Å²) in [6.07, 6.45) is -1.21. The number of ketones is 2. The molecule has 1 unspecified atom stereocenters. The van der Waals surface area contributed by atoms with Crippen LogP contribution in [0.5, 0.6) is 0 Å². The zero-order valence-corrected chi connectivity index (χ0v) is 16.6. The number of aromatic nitrogens is 2. The standard InChI is InChI=1S/C24H18F2N2O4/c25-16-9-15(10-17(26)11-16)23(32)21(24-27-18-6-1-2-7-19(18)28-24)22(31)14-5-3-4-13(8-14)20(30)12-29/h1-11,20-21,29-30H,12H2,(H,27,28)/t20-,21?/m1/s1. The summed E-state index contributed by atoms with van der Waals surface area (Å²) in [4.78, 5) is 34.1. The van der Waals surface area contributed by atoms with E-state index in [1.807, 2.05) is 0 Å². The molecule has 0 aliphatic heterocycles. The Bertz CT molecular complexity index is 1270. The van der Waals surface area contributed by atoms with Crippen molar-refractivity contribution in [2.45, 2.75) is 12.0 Å². The van der Waals surface area contributed by atoms with Gasteiger partial charge in [0.25, 0.3) is 0 Å². The molecule has 1 aromatic heterocycles. The fraction of sp³-hybridized carbons (Fsp3) is 0.125. The molecule has 0 radical (unpaired) electrons. The molecule has 0 spiro atoms. The van der Waals surface area contributed by atoms with Crippen molar-refractivity contribution < 1.29 is 28.6 Å². The number of aliphatic hydroxyl groups excluding tert-OH is 2. The van der Waals surface area contributed by atoms with Crippen LogP contribution in [0.1, 0.15) is 44.1 Å². The molecule has 2 atom stereocenters. The van der Waals surface area contributed by atoms with E-state index < -0.39 is 41.8 Å². The number of imidazole rings is 1. The average molecular weight is 436 g/mol. The maximum atomic E-state index is 13.8. The first-order valence-corrected chi connectivity index (χ1v) is 9.75. The summed E-state index contributed by atoms with van der Waals surface area (Å²) < 4.78 is 27.5.